The molecule has 0 aliphatic carbocycles. The van der Waals surface area contributed by atoms with Gasteiger partial charge in [0.2, 0.25) is 0 Å². The maximum atomic E-state index is 14.1. The second kappa shape index (κ2) is 25.1. The number of rotatable bonds is 24. The monoisotopic (exact) mass is 1360 g/mol. The predicted molar refractivity (Wildman–Crippen MR) is 294 cm³/mol. The third-order valence-corrected chi connectivity index (χ3v) is 18.3. The smallest absolute Gasteiger partial charge is 0.387 e. The van der Waals surface area contributed by atoms with Gasteiger partial charge in [-0.25, -0.2) is 68.9 Å². The van der Waals surface area contributed by atoms with Gasteiger partial charge in [0.25, 0.3) is 0 Å². The van der Waals surface area contributed by atoms with Gasteiger partial charge in [-0.3, -0.25) is 50.0 Å². The van der Waals surface area contributed by atoms with E-state index in [4.69, 9.17) is 69.5 Å². The van der Waals surface area contributed by atoms with Crippen LogP contribution in [0.15, 0.2) is 50.6 Å². The summed E-state index contributed by atoms with van der Waals surface area (Å²) in [6, 6.07) is 0. The summed E-state index contributed by atoms with van der Waals surface area (Å²) in [5.74, 6) is -0.270. The number of aromatic nitrogens is 16. The van der Waals surface area contributed by atoms with Gasteiger partial charge < -0.3 is 101 Å². The molecule has 0 spiro atoms. The number of hydrogen-bond acceptors (Lipinski definition) is 36. The molecule has 492 valence electrons. The van der Waals surface area contributed by atoms with Crippen LogP contribution in [0.25, 0.3) is 44.7 Å². The van der Waals surface area contributed by atoms with Crippen LogP contribution in [0, 0.1) is 0 Å². The highest BCUT2D eigenvalue weighted by Crippen LogP contribution is 2.54. The number of aliphatic hydroxyl groups excluding tert-OH is 5. The van der Waals surface area contributed by atoms with Crippen LogP contribution in [0.4, 0.5) is 23.3 Å². The fraction of sp³-hybridized carbons (Fsp3) is 0.524. The van der Waals surface area contributed by atoms with Crippen molar-refractivity contribution < 1.29 is 119 Å². The van der Waals surface area contributed by atoms with Gasteiger partial charge in [0, 0.05) is 0 Å². The van der Waals surface area contributed by atoms with Gasteiger partial charge in [0.05, 0.1) is 51.7 Å². The SMILES string of the molecule is Nc1ncnc2c1ncn2[C@@H]1O[C@H](COCP(=O)(O)O[C@@H]2[C@H](O)[C@@H](COP(=O)(O)O[C@@H]3[C@H](O)[C@@H](COCP(=O)(O)O[C@@H]4[C@H](O)[C@@H](COP(=O)(O)O)O[C@H]4n4cnc5c(N)ncnc54)O[C@H]3n3cnc4c(N)ncnc43)O[C@H]2n2cnc3c(N)ncnc32)[C@@H](O)[C@H]1O. The van der Waals surface area contributed by atoms with Crippen molar-refractivity contribution in [3.8, 4) is 0 Å². The Morgan fingerprint density at radius 3 is 1.07 bits per heavy atom. The number of imidazole rings is 4. The number of hydrogen-bond donors (Lipinski definition) is 14. The molecule has 0 saturated carbocycles. The second-order valence-corrected chi connectivity index (χ2v) is 26.7. The number of ether oxygens (including phenoxy) is 6. The molecular formula is C42H54N20O25P4. The standard InChI is InChI=1S/C42H54N20O25P4/c43-31-19-35(51-5-47-31)59(9-55-19)39-27(67)23(63)15(81-39)1-77-13-88(68,69)86-29-26(66)18(84-41(29)61-11-57-21-33(45)49-7-53-37(21)61)4-80-91(75,76)87-30-24(64)16(82-42(30)62-12-58-22-34(46)50-8-54-38(22)62)2-78-14-89(70,71)85-28-25(65)17(3-79-90(72,73)74)83-40(28)60-10-56-20-32(44)48-6-52-36(20)60/h5-12,15-18,23-30,39-42,63-67H,1-4,13-14H2,(H,68,69)(H,70,71)(H,75,76)(H2,43,47,51)(H2,44,48,52)(H2,45,49,53)(H2,46,50,54)(H2,72,73,74)/t15-,16-,17-,18-,23-,24-,25-,26-,27-,28-,29-,30-,39-,40-,41-,42-/m1/s1. The molecule has 0 bridgehead atoms. The van der Waals surface area contributed by atoms with Crippen LogP contribution in [0.3, 0.4) is 0 Å². The van der Waals surface area contributed by atoms with Crippen LogP contribution < -0.4 is 22.9 Å². The number of phosphoric ester groups is 2. The number of aliphatic hydroxyl groups is 5. The molecule has 91 heavy (non-hydrogen) atoms. The summed E-state index contributed by atoms with van der Waals surface area (Å²) < 4.78 is 119. The second-order valence-electron chi connectivity index (χ2n) is 20.6. The summed E-state index contributed by atoms with van der Waals surface area (Å²) in [6.45, 7) is -3.43. The van der Waals surface area contributed by atoms with Gasteiger partial charge >= 0.3 is 30.8 Å². The first kappa shape index (κ1) is 64.6. The fourth-order valence-electron chi connectivity index (χ4n) is 10.4. The van der Waals surface area contributed by atoms with E-state index in [-0.39, 0.29) is 67.9 Å². The van der Waals surface area contributed by atoms with Gasteiger partial charge in [-0.05, 0) is 0 Å². The molecule has 0 amide bonds. The Kier molecular flexibility index (Phi) is 17.8. The number of nitrogens with zero attached hydrogens (tertiary/aromatic N) is 16. The maximum absolute atomic E-state index is 14.1. The third-order valence-electron chi connectivity index (χ3n) is 14.6. The zero-order valence-electron chi connectivity index (χ0n) is 45.9. The van der Waals surface area contributed by atoms with Gasteiger partial charge in [0.15, 0.2) is 70.8 Å². The lowest BCUT2D eigenvalue weighted by molar-refractivity contribution is -0.0667. The summed E-state index contributed by atoms with van der Waals surface area (Å²) in [6.07, 6.45) is -20.7. The molecule has 8 aromatic rings. The number of fused-ring (bicyclic) bond motifs is 4. The molecule has 4 fully saturated rings. The molecule has 4 aliphatic rings. The van der Waals surface area contributed by atoms with Crippen molar-refractivity contribution in [1.29, 1.82) is 0 Å². The predicted octanol–water partition coefficient (Wildman–Crippen LogP) is -4.23. The van der Waals surface area contributed by atoms with Crippen LogP contribution in [-0.2, 0) is 69.3 Å². The molecule has 0 aromatic carbocycles. The lowest BCUT2D eigenvalue weighted by atomic mass is 10.1. The molecule has 18 N–H and O–H groups in total. The van der Waals surface area contributed by atoms with Crippen molar-refractivity contribution in [2.75, 3.05) is 62.1 Å². The van der Waals surface area contributed by atoms with Gasteiger partial charge in [-0.1, -0.05) is 0 Å². The minimum absolute atomic E-state index is 0.00261. The van der Waals surface area contributed by atoms with Crippen LogP contribution >= 0.6 is 30.8 Å². The topological polar surface area (TPSA) is 651 Å². The summed E-state index contributed by atoms with van der Waals surface area (Å²) in [5, 5.41) is 56.7. The van der Waals surface area contributed by atoms with E-state index in [9.17, 15) is 68.3 Å². The van der Waals surface area contributed by atoms with E-state index in [2.05, 4.69) is 64.3 Å². The first-order chi connectivity index (χ1) is 43.2. The average molecular weight is 1360 g/mol. The van der Waals surface area contributed by atoms with Crippen molar-refractivity contribution in [3.63, 3.8) is 0 Å². The lowest BCUT2D eigenvalue weighted by Crippen LogP contribution is -2.37. The summed E-state index contributed by atoms with van der Waals surface area (Å²) in [4.78, 5) is 101. The van der Waals surface area contributed by atoms with Crippen LogP contribution in [0.5, 0.6) is 0 Å². The number of phosphoric acid groups is 2. The molecule has 45 nitrogen and oxygen atoms in total. The van der Waals surface area contributed by atoms with E-state index >= 15 is 0 Å². The molecule has 12 rings (SSSR count). The first-order valence-electron chi connectivity index (χ1n) is 26.4. The molecular weight excluding hydrogens is 1310 g/mol. The minimum Gasteiger partial charge on any atom is -0.387 e. The van der Waals surface area contributed by atoms with E-state index in [1.165, 1.54) is 10.9 Å². The Bertz CT molecular complexity index is 4190. The largest absolute Gasteiger partial charge is 0.472 e. The number of nitrogens with two attached hydrogens (primary N) is 4. The molecule has 8 aromatic heterocycles. The van der Waals surface area contributed by atoms with Gasteiger partial charge in [0.1, 0.15) is 133 Å². The number of nitrogen functional groups attached to an aromatic ring is 4. The number of anilines is 4. The minimum atomic E-state index is -5.56. The van der Waals surface area contributed by atoms with E-state index < -0.39 is 168 Å². The Morgan fingerprint density at radius 1 is 0.396 bits per heavy atom. The Hall–Kier alpha value is -6.52. The normalized spacial score (nSPS) is 30.9. The Morgan fingerprint density at radius 2 is 0.703 bits per heavy atom. The summed E-state index contributed by atoms with van der Waals surface area (Å²) in [7, 11) is -20.8. The quantitative estimate of drug-likeness (QED) is 0.0255. The van der Waals surface area contributed by atoms with Crippen molar-refractivity contribution in [2.45, 2.75) is 98.2 Å². The highest BCUT2D eigenvalue weighted by atomic mass is 31.2. The van der Waals surface area contributed by atoms with Crippen molar-refractivity contribution in [2.24, 2.45) is 0 Å². The maximum Gasteiger partial charge on any atom is 0.472 e. The molecule has 4 saturated heterocycles. The highest BCUT2D eigenvalue weighted by molar-refractivity contribution is 7.52. The van der Waals surface area contributed by atoms with Crippen molar-refractivity contribution in [1.82, 2.24) is 78.1 Å². The molecule has 0 radical (unpaired) electrons. The van der Waals surface area contributed by atoms with Crippen LogP contribution in [0.1, 0.15) is 24.9 Å². The average Bonchev–Trinajstić information content (AvgIpc) is 1.65. The van der Waals surface area contributed by atoms with E-state index in [0.717, 1.165) is 58.0 Å². The van der Waals surface area contributed by atoms with E-state index in [1.807, 2.05) is 0 Å². The molecule has 19 atom stereocenters. The van der Waals surface area contributed by atoms with Crippen molar-refractivity contribution in [3.05, 3.63) is 50.6 Å². The first-order valence-corrected chi connectivity index (χ1v) is 33.0. The molecule has 4 aliphatic heterocycles. The fourth-order valence-corrected chi connectivity index (χ4v) is 13.7. The molecule has 3 unspecified atom stereocenters. The Labute approximate surface area is 505 Å². The van der Waals surface area contributed by atoms with Gasteiger partial charge in [-0.2, -0.15) is 0 Å². The van der Waals surface area contributed by atoms with Crippen LogP contribution in [-0.4, -0.2) is 240 Å². The summed E-state index contributed by atoms with van der Waals surface area (Å²) >= 11 is 0. The highest BCUT2D eigenvalue weighted by Gasteiger charge is 2.54. The Balaban J connectivity index is 0.724. The lowest BCUT2D eigenvalue weighted by Gasteiger charge is -2.25. The van der Waals surface area contributed by atoms with E-state index in [1.54, 1.807) is 0 Å². The molecule has 49 heteroatoms. The molecule has 12 heterocycles. The zero-order valence-corrected chi connectivity index (χ0v) is 49.5. The van der Waals surface area contributed by atoms with Gasteiger partial charge in [-0.15, -0.1) is 0 Å². The van der Waals surface area contributed by atoms with Crippen LogP contribution in [0.2, 0.25) is 0 Å². The van der Waals surface area contributed by atoms with E-state index in [0.29, 0.717) is 0 Å². The third kappa shape index (κ3) is 13.0. The zero-order chi connectivity index (χ0) is 64.6. The summed E-state index contributed by atoms with van der Waals surface area (Å²) in [5.41, 5.74) is 24.2. The van der Waals surface area contributed by atoms with Crippen molar-refractivity contribution >= 4 is 98.8 Å².